The van der Waals surface area contributed by atoms with Crippen molar-refractivity contribution in [1.29, 1.82) is 0 Å². The molecule has 1 aromatic rings. The summed E-state index contributed by atoms with van der Waals surface area (Å²) in [5.74, 6) is 0.534. The summed E-state index contributed by atoms with van der Waals surface area (Å²) in [6, 6.07) is 0. The molecule has 94 valence electrons. The molecule has 2 rings (SSSR count). The van der Waals surface area contributed by atoms with Gasteiger partial charge < -0.3 is 15.2 Å². The molecular weight excluding hydrogens is 216 g/mol. The topological polar surface area (TPSA) is 64.2 Å². The van der Waals surface area contributed by atoms with E-state index in [1.165, 1.54) is 0 Å². The highest BCUT2D eigenvalue weighted by atomic mass is 16.1. The van der Waals surface area contributed by atoms with E-state index in [1.807, 2.05) is 11.8 Å². The quantitative estimate of drug-likeness (QED) is 0.830. The summed E-state index contributed by atoms with van der Waals surface area (Å²) >= 11 is 0. The zero-order valence-electron chi connectivity index (χ0n) is 10.5. The first-order chi connectivity index (χ1) is 8.09. The Morgan fingerprint density at radius 3 is 2.76 bits per heavy atom. The molecule has 0 amide bonds. The summed E-state index contributed by atoms with van der Waals surface area (Å²) < 4.78 is 1.67. The van der Waals surface area contributed by atoms with Gasteiger partial charge in [0.05, 0.1) is 5.54 Å². The van der Waals surface area contributed by atoms with Crippen molar-refractivity contribution in [2.45, 2.75) is 38.8 Å². The van der Waals surface area contributed by atoms with Crippen molar-refractivity contribution in [3.8, 4) is 0 Å². The van der Waals surface area contributed by atoms with Crippen molar-refractivity contribution in [2.75, 3.05) is 18.0 Å². The standard InChI is InChI=1S/C12H20N4O/c1-3-5-12(13)8-16(9-12)10-11(17)15(4-2)7-6-14-10/h6-7H,3-5,8-9,13H2,1-2H3. The van der Waals surface area contributed by atoms with Crippen LogP contribution in [0.3, 0.4) is 0 Å². The SMILES string of the molecule is CCCC1(N)CN(c2nccn(CC)c2=O)C1. The van der Waals surface area contributed by atoms with Crippen LogP contribution in [0.2, 0.25) is 0 Å². The Balaban J connectivity index is 2.14. The van der Waals surface area contributed by atoms with Crippen LogP contribution in [0.25, 0.3) is 0 Å². The zero-order chi connectivity index (χ0) is 12.5. The molecule has 0 spiro atoms. The lowest BCUT2D eigenvalue weighted by atomic mass is 9.86. The van der Waals surface area contributed by atoms with Gasteiger partial charge in [-0.25, -0.2) is 4.98 Å². The molecule has 5 nitrogen and oxygen atoms in total. The lowest BCUT2D eigenvalue weighted by molar-refractivity contribution is 0.304. The molecule has 1 aliphatic rings. The number of rotatable bonds is 4. The molecule has 0 unspecified atom stereocenters. The summed E-state index contributed by atoms with van der Waals surface area (Å²) in [7, 11) is 0. The van der Waals surface area contributed by atoms with E-state index in [4.69, 9.17) is 5.73 Å². The smallest absolute Gasteiger partial charge is 0.293 e. The first kappa shape index (κ1) is 12.1. The Hall–Kier alpha value is -1.36. The normalized spacial score (nSPS) is 17.9. The molecule has 0 radical (unpaired) electrons. The highest BCUT2D eigenvalue weighted by Gasteiger charge is 2.40. The maximum atomic E-state index is 12.0. The largest absolute Gasteiger partial charge is 0.348 e. The molecule has 0 aliphatic carbocycles. The Labute approximate surface area is 101 Å². The minimum atomic E-state index is -0.129. The van der Waals surface area contributed by atoms with Crippen molar-refractivity contribution in [3.05, 3.63) is 22.7 Å². The molecule has 1 aliphatic heterocycles. The average molecular weight is 236 g/mol. The Kier molecular flexibility index (Phi) is 3.19. The van der Waals surface area contributed by atoms with Gasteiger partial charge in [0.1, 0.15) is 0 Å². The van der Waals surface area contributed by atoms with Gasteiger partial charge in [-0.1, -0.05) is 13.3 Å². The lowest BCUT2D eigenvalue weighted by Crippen LogP contribution is -2.68. The lowest BCUT2D eigenvalue weighted by Gasteiger charge is -2.48. The molecule has 5 heteroatoms. The second kappa shape index (κ2) is 4.49. The second-order valence-electron chi connectivity index (χ2n) is 4.81. The second-order valence-corrected chi connectivity index (χ2v) is 4.81. The predicted molar refractivity (Wildman–Crippen MR) is 68.2 cm³/mol. The average Bonchev–Trinajstić information content (AvgIpc) is 2.27. The third-order valence-electron chi connectivity index (χ3n) is 3.30. The van der Waals surface area contributed by atoms with Crippen LogP contribution < -0.4 is 16.2 Å². The van der Waals surface area contributed by atoms with E-state index in [1.54, 1.807) is 17.0 Å². The number of aryl methyl sites for hydroxylation is 1. The van der Waals surface area contributed by atoms with Gasteiger partial charge in [-0.2, -0.15) is 0 Å². The predicted octanol–water partition coefficient (Wildman–Crippen LogP) is 0.581. The van der Waals surface area contributed by atoms with Crippen LogP contribution in [0.15, 0.2) is 17.2 Å². The Morgan fingerprint density at radius 2 is 2.18 bits per heavy atom. The van der Waals surface area contributed by atoms with Gasteiger partial charge in [-0.05, 0) is 13.3 Å². The van der Waals surface area contributed by atoms with Crippen molar-refractivity contribution >= 4 is 5.82 Å². The summed E-state index contributed by atoms with van der Waals surface area (Å²) in [4.78, 5) is 18.2. The number of hydrogen-bond acceptors (Lipinski definition) is 4. The van der Waals surface area contributed by atoms with Crippen LogP contribution in [-0.4, -0.2) is 28.2 Å². The van der Waals surface area contributed by atoms with Gasteiger partial charge in [0.2, 0.25) is 0 Å². The highest BCUT2D eigenvalue weighted by molar-refractivity contribution is 5.42. The summed E-state index contributed by atoms with van der Waals surface area (Å²) in [6.45, 7) is 6.21. The molecule has 17 heavy (non-hydrogen) atoms. The highest BCUT2D eigenvalue weighted by Crippen LogP contribution is 2.25. The summed E-state index contributed by atoms with van der Waals surface area (Å²) in [5, 5.41) is 0. The molecule has 2 N–H and O–H groups in total. The number of nitrogens with two attached hydrogens (primary N) is 1. The fraction of sp³-hybridized carbons (Fsp3) is 0.667. The summed E-state index contributed by atoms with van der Waals surface area (Å²) in [5.41, 5.74) is 6.03. The first-order valence-electron chi connectivity index (χ1n) is 6.19. The van der Waals surface area contributed by atoms with Gasteiger partial charge >= 0.3 is 0 Å². The van der Waals surface area contributed by atoms with Crippen molar-refractivity contribution in [1.82, 2.24) is 9.55 Å². The molecule has 1 fully saturated rings. The molecular formula is C12H20N4O. The van der Waals surface area contributed by atoms with E-state index in [0.29, 0.717) is 12.4 Å². The minimum absolute atomic E-state index is 0.0199. The van der Waals surface area contributed by atoms with Gasteiger partial charge in [0.15, 0.2) is 5.82 Å². The van der Waals surface area contributed by atoms with E-state index in [-0.39, 0.29) is 11.1 Å². The molecule has 0 bridgehead atoms. The monoisotopic (exact) mass is 236 g/mol. The molecule has 0 saturated carbocycles. The van der Waals surface area contributed by atoms with E-state index in [9.17, 15) is 4.79 Å². The third-order valence-corrected chi connectivity index (χ3v) is 3.30. The zero-order valence-corrected chi connectivity index (χ0v) is 10.5. The van der Waals surface area contributed by atoms with Crippen molar-refractivity contribution in [3.63, 3.8) is 0 Å². The number of hydrogen-bond donors (Lipinski definition) is 1. The van der Waals surface area contributed by atoms with Crippen LogP contribution in [0.4, 0.5) is 5.82 Å². The fourth-order valence-electron chi connectivity index (χ4n) is 2.42. The Morgan fingerprint density at radius 1 is 1.47 bits per heavy atom. The molecule has 0 aromatic carbocycles. The first-order valence-corrected chi connectivity index (χ1v) is 6.19. The van der Waals surface area contributed by atoms with Crippen molar-refractivity contribution in [2.24, 2.45) is 5.73 Å². The van der Waals surface area contributed by atoms with E-state index >= 15 is 0 Å². The molecule has 1 aromatic heterocycles. The fourth-order valence-corrected chi connectivity index (χ4v) is 2.42. The van der Waals surface area contributed by atoms with Gasteiger partial charge in [-0.15, -0.1) is 0 Å². The minimum Gasteiger partial charge on any atom is -0.348 e. The van der Waals surface area contributed by atoms with E-state index in [0.717, 1.165) is 25.9 Å². The van der Waals surface area contributed by atoms with Crippen LogP contribution >= 0.6 is 0 Å². The maximum absolute atomic E-state index is 12.0. The number of anilines is 1. The van der Waals surface area contributed by atoms with Crippen LogP contribution in [-0.2, 0) is 6.54 Å². The van der Waals surface area contributed by atoms with E-state index in [2.05, 4.69) is 11.9 Å². The molecule has 2 heterocycles. The van der Waals surface area contributed by atoms with Gasteiger partial charge in [0, 0.05) is 32.0 Å². The van der Waals surface area contributed by atoms with E-state index < -0.39 is 0 Å². The number of nitrogens with zero attached hydrogens (tertiary/aromatic N) is 3. The van der Waals surface area contributed by atoms with Gasteiger partial charge in [0.25, 0.3) is 5.56 Å². The molecule has 0 atom stereocenters. The van der Waals surface area contributed by atoms with Crippen LogP contribution in [0, 0.1) is 0 Å². The Bertz CT molecular complexity index is 448. The van der Waals surface area contributed by atoms with Gasteiger partial charge in [-0.3, -0.25) is 4.79 Å². The van der Waals surface area contributed by atoms with Crippen LogP contribution in [0.1, 0.15) is 26.7 Å². The summed E-state index contributed by atoms with van der Waals surface area (Å²) in [6.07, 6.45) is 5.47. The van der Waals surface area contributed by atoms with Crippen LogP contribution in [0.5, 0.6) is 0 Å². The van der Waals surface area contributed by atoms with Crippen molar-refractivity contribution < 1.29 is 0 Å². The molecule has 1 saturated heterocycles. The maximum Gasteiger partial charge on any atom is 0.293 e. The third kappa shape index (κ3) is 2.20. The number of aromatic nitrogens is 2.